The number of imidazole rings is 1. The van der Waals surface area contributed by atoms with E-state index < -0.39 is 0 Å². The normalized spacial score (nSPS) is 13.0. The van der Waals surface area contributed by atoms with Crippen LogP contribution in [0.25, 0.3) is 0 Å². The molecule has 0 saturated carbocycles. The molecule has 1 atom stereocenters. The Bertz CT molecular complexity index is 321. The molecule has 0 bridgehead atoms. The van der Waals surface area contributed by atoms with Crippen LogP contribution in [0.1, 0.15) is 32.5 Å². The fraction of sp³-hybridized carbons (Fsp3) is 0.667. The molecule has 90 valence electrons. The number of aromatic nitrogens is 2. The van der Waals surface area contributed by atoms with Crippen LogP contribution in [-0.4, -0.2) is 28.0 Å². The van der Waals surface area contributed by atoms with Gasteiger partial charge in [0.25, 0.3) is 0 Å². The smallest absolute Gasteiger partial charge is 0.148 e. The van der Waals surface area contributed by atoms with Crippen molar-refractivity contribution in [2.75, 3.05) is 0 Å². The molecular weight excluding hydrogens is 204 g/mol. The van der Waals surface area contributed by atoms with Crippen molar-refractivity contribution in [3.05, 3.63) is 18.2 Å². The summed E-state index contributed by atoms with van der Waals surface area (Å²) in [5.74, 6) is 1.01. The Kier molecular flexibility index (Phi) is 5.19. The Morgan fingerprint density at radius 2 is 2.31 bits per heavy atom. The second kappa shape index (κ2) is 6.43. The monoisotopic (exact) mass is 224 g/mol. The Morgan fingerprint density at radius 3 is 2.81 bits per heavy atom. The molecule has 16 heavy (non-hydrogen) atoms. The van der Waals surface area contributed by atoms with E-state index in [0.29, 0.717) is 0 Å². The molecule has 0 aliphatic carbocycles. The second-order valence-electron chi connectivity index (χ2n) is 4.17. The number of carbonyl (C=O) groups is 1. The van der Waals surface area contributed by atoms with E-state index in [0.717, 1.165) is 31.5 Å². The first-order valence-corrected chi connectivity index (χ1v) is 5.72. The minimum Gasteiger partial charge on any atom is -0.368 e. The average molecular weight is 224 g/mol. The van der Waals surface area contributed by atoms with Crippen LogP contribution in [0.5, 0.6) is 0 Å². The maximum atomic E-state index is 10.8. The lowest BCUT2D eigenvalue weighted by molar-refractivity contribution is -0.121. The van der Waals surface area contributed by atoms with Gasteiger partial charge in [0.15, 0.2) is 0 Å². The minimum absolute atomic E-state index is 0.102. The molecule has 4 nitrogen and oxygen atoms in total. The summed E-state index contributed by atoms with van der Waals surface area (Å²) in [4.78, 5) is 14.9. The lowest BCUT2D eigenvalue weighted by Crippen LogP contribution is -2.19. The van der Waals surface area contributed by atoms with Crippen LogP contribution in [0.2, 0.25) is 0 Å². The largest absolute Gasteiger partial charge is 0.368 e. The van der Waals surface area contributed by atoms with Crippen molar-refractivity contribution in [1.82, 2.24) is 9.55 Å². The Hall–Kier alpha value is -1.16. The SMILES string of the molecule is Cc1nccn1CCCC(C=O)OC(C)C. The van der Waals surface area contributed by atoms with Crippen molar-refractivity contribution in [3.63, 3.8) is 0 Å². The van der Waals surface area contributed by atoms with Gasteiger partial charge in [-0.1, -0.05) is 0 Å². The highest BCUT2D eigenvalue weighted by Gasteiger charge is 2.09. The van der Waals surface area contributed by atoms with E-state index in [1.807, 2.05) is 27.0 Å². The molecule has 0 radical (unpaired) electrons. The summed E-state index contributed by atoms with van der Waals surface area (Å²) in [6.07, 6.45) is 6.15. The average Bonchev–Trinajstić information content (AvgIpc) is 2.62. The molecule has 0 aliphatic heterocycles. The molecule has 0 spiro atoms. The van der Waals surface area contributed by atoms with Gasteiger partial charge in [0.1, 0.15) is 18.2 Å². The van der Waals surface area contributed by atoms with Crippen molar-refractivity contribution in [2.24, 2.45) is 0 Å². The van der Waals surface area contributed by atoms with Gasteiger partial charge in [-0.2, -0.15) is 0 Å². The number of aldehydes is 1. The quantitative estimate of drug-likeness (QED) is 0.665. The highest BCUT2D eigenvalue weighted by Crippen LogP contribution is 2.06. The number of hydrogen-bond donors (Lipinski definition) is 0. The van der Waals surface area contributed by atoms with Crippen molar-refractivity contribution in [2.45, 2.75) is 52.4 Å². The van der Waals surface area contributed by atoms with Crippen LogP contribution in [-0.2, 0) is 16.1 Å². The van der Waals surface area contributed by atoms with Gasteiger partial charge < -0.3 is 14.1 Å². The Balaban J connectivity index is 2.28. The molecule has 0 saturated heterocycles. The first-order valence-electron chi connectivity index (χ1n) is 5.72. The Labute approximate surface area is 96.6 Å². The van der Waals surface area contributed by atoms with E-state index >= 15 is 0 Å². The van der Waals surface area contributed by atoms with Crippen LogP contribution < -0.4 is 0 Å². The zero-order chi connectivity index (χ0) is 12.0. The fourth-order valence-corrected chi connectivity index (χ4v) is 1.62. The summed E-state index contributed by atoms with van der Waals surface area (Å²) in [6.45, 7) is 6.74. The predicted molar refractivity (Wildman–Crippen MR) is 62.3 cm³/mol. The molecule has 0 amide bonds. The number of hydrogen-bond acceptors (Lipinski definition) is 3. The van der Waals surface area contributed by atoms with Crippen molar-refractivity contribution >= 4 is 6.29 Å². The third-order valence-corrected chi connectivity index (χ3v) is 2.41. The molecule has 0 fully saturated rings. The van der Waals surface area contributed by atoms with E-state index in [2.05, 4.69) is 9.55 Å². The molecule has 0 aliphatic rings. The molecule has 1 heterocycles. The molecule has 4 heteroatoms. The molecular formula is C12H20N2O2. The van der Waals surface area contributed by atoms with Gasteiger partial charge >= 0.3 is 0 Å². The van der Waals surface area contributed by atoms with Crippen LogP contribution in [0.4, 0.5) is 0 Å². The van der Waals surface area contributed by atoms with E-state index in [-0.39, 0.29) is 12.2 Å². The highest BCUT2D eigenvalue weighted by atomic mass is 16.5. The van der Waals surface area contributed by atoms with Crippen molar-refractivity contribution < 1.29 is 9.53 Å². The number of ether oxygens (including phenoxy) is 1. The van der Waals surface area contributed by atoms with Gasteiger partial charge in [-0.3, -0.25) is 0 Å². The van der Waals surface area contributed by atoms with Crippen molar-refractivity contribution in [3.8, 4) is 0 Å². The predicted octanol–water partition coefficient (Wildman–Crippen LogP) is 1.96. The molecule has 0 N–H and O–H groups in total. The fourth-order valence-electron chi connectivity index (χ4n) is 1.62. The van der Waals surface area contributed by atoms with Gasteiger partial charge in [-0.05, 0) is 33.6 Å². The molecule has 1 aromatic rings. The van der Waals surface area contributed by atoms with Gasteiger partial charge in [0, 0.05) is 18.9 Å². The van der Waals surface area contributed by atoms with Crippen molar-refractivity contribution in [1.29, 1.82) is 0 Å². The number of rotatable bonds is 7. The zero-order valence-corrected chi connectivity index (χ0v) is 10.2. The summed E-state index contributed by atoms with van der Waals surface area (Å²) >= 11 is 0. The maximum absolute atomic E-state index is 10.8. The topological polar surface area (TPSA) is 44.1 Å². The zero-order valence-electron chi connectivity index (χ0n) is 10.2. The second-order valence-corrected chi connectivity index (χ2v) is 4.17. The number of nitrogens with zero attached hydrogens (tertiary/aromatic N) is 2. The minimum atomic E-state index is -0.274. The van der Waals surface area contributed by atoms with Crippen LogP contribution in [0.15, 0.2) is 12.4 Å². The van der Waals surface area contributed by atoms with E-state index in [1.54, 1.807) is 6.20 Å². The first kappa shape index (κ1) is 12.9. The van der Waals surface area contributed by atoms with Crippen LogP contribution >= 0.6 is 0 Å². The summed E-state index contributed by atoms with van der Waals surface area (Å²) < 4.78 is 7.54. The summed E-state index contributed by atoms with van der Waals surface area (Å²) in [7, 11) is 0. The van der Waals surface area contributed by atoms with Gasteiger partial charge in [-0.15, -0.1) is 0 Å². The van der Waals surface area contributed by atoms with Gasteiger partial charge in [-0.25, -0.2) is 4.98 Å². The summed E-state index contributed by atoms with van der Waals surface area (Å²) in [5.41, 5.74) is 0. The van der Waals surface area contributed by atoms with E-state index in [1.165, 1.54) is 0 Å². The molecule has 0 aromatic carbocycles. The highest BCUT2D eigenvalue weighted by molar-refractivity contribution is 5.55. The number of aryl methyl sites for hydroxylation is 2. The third-order valence-electron chi connectivity index (χ3n) is 2.41. The van der Waals surface area contributed by atoms with E-state index in [9.17, 15) is 4.79 Å². The molecule has 1 unspecified atom stereocenters. The van der Waals surface area contributed by atoms with E-state index in [4.69, 9.17) is 4.74 Å². The standard InChI is InChI=1S/C12H20N2O2/c1-10(2)16-12(9-15)5-4-7-14-8-6-13-11(14)3/h6,8-10,12H,4-5,7H2,1-3H3. The lowest BCUT2D eigenvalue weighted by atomic mass is 10.2. The molecule has 1 rings (SSSR count). The summed E-state index contributed by atoms with van der Waals surface area (Å²) in [5, 5.41) is 0. The van der Waals surface area contributed by atoms with Gasteiger partial charge in [0.05, 0.1) is 6.10 Å². The number of carbonyl (C=O) groups excluding carboxylic acids is 1. The third kappa shape index (κ3) is 4.14. The van der Waals surface area contributed by atoms with Gasteiger partial charge in [0.2, 0.25) is 0 Å². The molecule has 1 aromatic heterocycles. The first-order chi connectivity index (χ1) is 7.63. The van der Waals surface area contributed by atoms with Crippen LogP contribution in [0, 0.1) is 6.92 Å². The Morgan fingerprint density at radius 1 is 1.56 bits per heavy atom. The summed E-state index contributed by atoms with van der Waals surface area (Å²) in [6, 6.07) is 0. The lowest BCUT2D eigenvalue weighted by Gasteiger charge is -2.14. The van der Waals surface area contributed by atoms with Crippen LogP contribution in [0.3, 0.4) is 0 Å². The maximum Gasteiger partial charge on any atom is 0.148 e.